The fourth-order valence-corrected chi connectivity index (χ4v) is 2.72. The average molecular weight is 345 g/mol. The van der Waals surface area contributed by atoms with Crippen LogP contribution >= 0.6 is 0 Å². The molecule has 2 N–H and O–H groups in total. The zero-order chi connectivity index (χ0) is 17.5. The highest BCUT2D eigenvalue weighted by molar-refractivity contribution is 5.67. The van der Waals surface area contributed by atoms with Crippen molar-refractivity contribution in [3.8, 4) is 0 Å². The molecular weight excluding hydrogens is 322 g/mol. The van der Waals surface area contributed by atoms with Gasteiger partial charge in [-0.15, -0.1) is 0 Å². The lowest BCUT2D eigenvalue weighted by Gasteiger charge is -2.31. The van der Waals surface area contributed by atoms with Crippen LogP contribution in [0.1, 0.15) is 25.5 Å². The van der Waals surface area contributed by atoms with Crippen molar-refractivity contribution in [1.82, 2.24) is 14.9 Å². The Hall–Kier alpha value is -2.77. The molecule has 2 aromatic rings. The van der Waals surface area contributed by atoms with Gasteiger partial charge in [-0.3, -0.25) is 0 Å². The monoisotopic (exact) mass is 345 g/mol. The number of carbonyl (C=O) groups excluding carboxylic acids is 1. The maximum Gasteiger partial charge on any atom is 0.409 e. The van der Waals surface area contributed by atoms with E-state index >= 15 is 0 Å². The maximum absolute atomic E-state index is 11.7. The zero-order valence-corrected chi connectivity index (χ0v) is 14.3. The summed E-state index contributed by atoms with van der Waals surface area (Å²) in [6, 6.07) is 5.82. The molecule has 0 unspecified atom stereocenters. The van der Waals surface area contributed by atoms with E-state index < -0.39 is 0 Å². The van der Waals surface area contributed by atoms with Gasteiger partial charge in [-0.2, -0.15) is 4.98 Å². The van der Waals surface area contributed by atoms with Gasteiger partial charge in [0.2, 0.25) is 5.95 Å². The Balaban J connectivity index is 1.48. The molecule has 1 aliphatic rings. The molecule has 25 heavy (non-hydrogen) atoms. The van der Waals surface area contributed by atoms with Crippen molar-refractivity contribution in [3.63, 3.8) is 0 Å². The molecule has 8 nitrogen and oxygen atoms in total. The van der Waals surface area contributed by atoms with Gasteiger partial charge in [-0.25, -0.2) is 9.78 Å². The molecule has 1 fully saturated rings. The fourth-order valence-electron chi connectivity index (χ4n) is 2.72. The largest absolute Gasteiger partial charge is 0.467 e. The molecule has 2 aromatic heterocycles. The number of likely N-dealkylation sites (tertiary alicyclic amines) is 1. The Labute approximate surface area is 146 Å². The predicted molar refractivity (Wildman–Crippen MR) is 93.3 cm³/mol. The number of piperidine rings is 1. The van der Waals surface area contributed by atoms with Crippen LogP contribution in [0.5, 0.6) is 0 Å². The highest BCUT2D eigenvalue weighted by Crippen LogP contribution is 2.16. The van der Waals surface area contributed by atoms with Gasteiger partial charge in [-0.1, -0.05) is 0 Å². The van der Waals surface area contributed by atoms with Crippen LogP contribution in [0, 0.1) is 0 Å². The molecule has 8 heteroatoms. The van der Waals surface area contributed by atoms with Crippen LogP contribution < -0.4 is 10.6 Å². The van der Waals surface area contributed by atoms with Crippen molar-refractivity contribution in [1.29, 1.82) is 0 Å². The predicted octanol–water partition coefficient (Wildman–Crippen LogP) is 2.71. The highest BCUT2D eigenvalue weighted by Gasteiger charge is 2.23. The minimum atomic E-state index is -0.235. The van der Waals surface area contributed by atoms with Crippen LogP contribution in [0.2, 0.25) is 0 Å². The normalized spacial score (nSPS) is 15.0. The highest BCUT2D eigenvalue weighted by atomic mass is 16.6. The molecule has 3 heterocycles. The Morgan fingerprint density at radius 3 is 2.96 bits per heavy atom. The number of rotatable bonds is 6. The van der Waals surface area contributed by atoms with E-state index in [0.29, 0.717) is 32.2 Å². The van der Waals surface area contributed by atoms with Gasteiger partial charge < -0.3 is 24.7 Å². The lowest BCUT2D eigenvalue weighted by Crippen LogP contribution is -2.42. The molecule has 3 rings (SSSR count). The lowest BCUT2D eigenvalue weighted by atomic mass is 10.1. The SMILES string of the molecule is CCOC(=O)N1CCC(Nc2nccc(NCc3ccco3)n2)CC1. The number of hydrogen-bond donors (Lipinski definition) is 2. The van der Waals surface area contributed by atoms with Gasteiger partial charge in [0, 0.05) is 25.3 Å². The molecule has 0 spiro atoms. The van der Waals surface area contributed by atoms with Gasteiger partial charge in [-0.05, 0) is 38.0 Å². The lowest BCUT2D eigenvalue weighted by molar-refractivity contribution is 0.0983. The number of anilines is 2. The quantitative estimate of drug-likeness (QED) is 0.831. The van der Waals surface area contributed by atoms with E-state index in [2.05, 4.69) is 20.6 Å². The third-order valence-corrected chi connectivity index (χ3v) is 4.03. The second kappa shape index (κ2) is 8.36. The van der Waals surface area contributed by atoms with Crippen molar-refractivity contribution < 1.29 is 13.9 Å². The zero-order valence-electron chi connectivity index (χ0n) is 14.3. The number of hydrogen-bond acceptors (Lipinski definition) is 7. The number of nitrogens with zero attached hydrogens (tertiary/aromatic N) is 3. The van der Waals surface area contributed by atoms with Crippen LogP contribution in [-0.2, 0) is 11.3 Å². The third-order valence-electron chi connectivity index (χ3n) is 4.03. The van der Waals surface area contributed by atoms with E-state index in [4.69, 9.17) is 9.15 Å². The summed E-state index contributed by atoms with van der Waals surface area (Å²) >= 11 is 0. The summed E-state index contributed by atoms with van der Waals surface area (Å²) in [6.45, 7) is 4.14. The molecule has 1 amide bonds. The first-order chi connectivity index (χ1) is 12.2. The second-order valence-electron chi connectivity index (χ2n) is 5.80. The number of carbonyl (C=O) groups is 1. The third kappa shape index (κ3) is 4.85. The molecule has 1 saturated heterocycles. The summed E-state index contributed by atoms with van der Waals surface area (Å²) in [7, 11) is 0. The van der Waals surface area contributed by atoms with Crippen LogP contribution in [-0.4, -0.2) is 46.7 Å². The van der Waals surface area contributed by atoms with Crippen LogP contribution in [0.15, 0.2) is 35.1 Å². The summed E-state index contributed by atoms with van der Waals surface area (Å²) in [5.74, 6) is 2.16. The molecule has 134 valence electrons. The van der Waals surface area contributed by atoms with E-state index in [0.717, 1.165) is 24.4 Å². The first-order valence-electron chi connectivity index (χ1n) is 8.52. The summed E-state index contributed by atoms with van der Waals surface area (Å²) in [5.41, 5.74) is 0. The van der Waals surface area contributed by atoms with Crippen molar-refractivity contribution in [3.05, 3.63) is 36.4 Å². The fraction of sp³-hybridized carbons (Fsp3) is 0.471. The molecule has 1 aliphatic heterocycles. The maximum atomic E-state index is 11.7. The second-order valence-corrected chi connectivity index (χ2v) is 5.80. The Morgan fingerprint density at radius 2 is 2.24 bits per heavy atom. The van der Waals surface area contributed by atoms with Crippen molar-refractivity contribution >= 4 is 17.9 Å². The molecule has 0 aliphatic carbocycles. The van der Waals surface area contributed by atoms with Gasteiger partial charge in [0.25, 0.3) is 0 Å². The van der Waals surface area contributed by atoms with Crippen LogP contribution in [0.4, 0.5) is 16.6 Å². The van der Waals surface area contributed by atoms with Gasteiger partial charge >= 0.3 is 6.09 Å². The summed E-state index contributed by atoms with van der Waals surface area (Å²) in [6.07, 6.45) is 4.81. The Kier molecular flexibility index (Phi) is 5.71. The molecular formula is C17H23N5O3. The number of aromatic nitrogens is 2. The molecule has 0 atom stereocenters. The van der Waals surface area contributed by atoms with Gasteiger partial charge in [0.05, 0.1) is 19.4 Å². The van der Waals surface area contributed by atoms with E-state index in [1.165, 1.54) is 0 Å². The Bertz CT molecular complexity index is 669. The summed E-state index contributed by atoms with van der Waals surface area (Å²) in [5, 5.41) is 6.55. The van der Waals surface area contributed by atoms with Crippen molar-refractivity contribution in [2.75, 3.05) is 30.3 Å². The van der Waals surface area contributed by atoms with E-state index in [1.807, 2.05) is 25.1 Å². The first kappa shape index (κ1) is 17.1. The van der Waals surface area contributed by atoms with E-state index in [-0.39, 0.29) is 12.1 Å². The Morgan fingerprint density at radius 1 is 1.40 bits per heavy atom. The standard InChI is InChI=1S/C17H23N5O3/c1-2-24-17(23)22-9-6-13(7-10-22)20-16-18-8-5-15(21-16)19-12-14-4-3-11-25-14/h3-5,8,11,13H,2,6-7,9-10,12H2,1H3,(H2,18,19,20,21). The summed E-state index contributed by atoms with van der Waals surface area (Å²) < 4.78 is 10.3. The van der Waals surface area contributed by atoms with E-state index in [9.17, 15) is 4.79 Å². The molecule has 0 saturated carbocycles. The van der Waals surface area contributed by atoms with Crippen LogP contribution in [0.3, 0.4) is 0 Å². The molecule has 0 bridgehead atoms. The molecule has 0 radical (unpaired) electrons. The number of amides is 1. The summed E-state index contributed by atoms with van der Waals surface area (Å²) in [4.78, 5) is 22.2. The minimum Gasteiger partial charge on any atom is -0.467 e. The number of furan rings is 1. The van der Waals surface area contributed by atoms with Gasteiger partial charge in [0.15, 0.2) is 0 Å². The number of nitrogens with one attached hydrogen (secondary N) is 2. The van der Waals surface area contributed by atoms with Crippen LogP contribution in [0.25, 0.3) is 0 Å². The molecule has 0 aromatic carbocycles. The smallest absolute Gasteiger partial charge is 0.409 e. The van der Waals surface area contributed by atoms with Crippen molar-refractivity contribution in [2.45, 2.75) is 32.4 Å². The first-order valence-corrected chi connectivity index (χ1v) is 8.52. The number of ether oxygens (including phenoxy) is 1. The van der Waals surface area contributed by atoms with E-state index in [1.54, 1.807) is 17.4 Å². The van der Waals surface area contributed by atoms with Gasteiger partial charge in [0.1, 0.15) is 11.6 Å². The van der Waals surface area contributed by atoms with Crippen molar-refractivity contribution in [2.24, 2.45) is 0 Å². The minimum absolute atomic E-state index is 0.235. The topological polar surface area (TPSA) is 92.5 Å². The average Bonchev–Trinajstić information content (AvgIpc) is 3.15.